The van der Waals surface area contributed by atoms with Crippen LogP contribution >= 0.6 is 0 Å². The van der Waals surface area contributed by atoms with E-state index in [9.17, 15) is 4.79 Å². The monoisotopic (exact) mass is 417 g/mol. The van der Waals surface area contributed by atoms with Crippen LogP contribution < -0.4 is 4.90 Å². The minimum Gasteiger partial charge on any atom is -0.357 e. The van der Waals surface area contributed by atoms with Gasteiger partial charge >= 0.3 is 0 Å². The smallest absolute Gasteiger partial charge is 0.254 e. The van der Waals surface area contributed by atoms with E-state index in [-0.39, 0.29) is 18.4 Å². The lowest BCUT2D eigenvalue weighted by Crippen LogP contribution is -2.28. The number of para-hydroxylation sites is 1. The quantitative estimate of drug-likeness (QED) is 0.325. The molecule has 0 spiro atoms. The number of benzene rings is 1. The molecule has 1 aromatic carbocycles. The highest BCUT2D eigenvalue weighted by molar-refractivity contribution is 5.96. The lowest BCUT2D eigenvalue weighted by Gasteiger charge is -2.26. The molecular formula is C25H31N5O. The first-order valence-corrected chi connectivity index (χ1v) is 10.4. The molecular weight excluding hydrogens is 386 g/mol. The number of carbonyl (C=O) groups is 1. The Balaban J connectivity index is 2.46. The number of rotatable bonds is 10. The van der Waals surface area contributed by atoms with Crippen molar-refractivity contribution in [2.24, 2.45) is 0 Å². The van der Waals surface area contributed by atoms with Gasteiger partial charge in [-0.25, -0.2) is 4.68 Å². The first kappa shape index (κ1) is 23.7. The lowest BCUT2D eigenvalue weighted by molar-refractivity contribution is -0.125. The van der Waals surface area contributed by atoms with Crippen molar-refractivity contribution in [3.8, 4) is 11.8 Å². The minimum absolute atomic E-state index is 0.0159. The Morgan fingerprint density at radius 1 is 1.29 bits per heavy atom. The van der Waals surface area contributed by atoms with Crippen LogP contribution in [0.15, 0.2) is 73.0 Å². The average Bonchev–Trinajstić information content (AvgIpc) is 3.22. The normalized spacial score (nSPS) is 12.0. The molecule has 0 saturated heterocycles. The van der Waals surface area contributed by atoms with Crippen molar-refractivity contribution in [1.29, 1.82) is 5.26 Å². The molecule has 0 aliphatic carbocycles. The molecule has 1 amide bonds. The third-order valence-electron chi connectivity index (χ3n) is 5.32. The van der Waals surface area contributed by atoms with Crippen molar-refractivity contribution < 1.29 is 4.79 Å². The van der Waals surface area contributed by atoms with E-state index in [1.54, 1.807) is 13.1 Å². The number of carbonyl (C=O) groups excluding carboxylic acids is 1. The van der Waals surface area contributed by atoms with Crippen molar-refractivity contribution >= 4 is 11.7 Å². The Morgan fingerprint density at radius 2 is 1.94 bits per heavy atom. The maximum atomic E-state index is 12.6. The summed E-state index contributed by atoms with van der Waals surface area (Å²) in [7, 11) is 1.59. The zero-order valence-electron chi connectivity index (χ0n) is 18.9. The van der Waals surface area contributed by atoms with E-state index < -0.39 is 0 Å². The molecule has 0 aliphatic rings. The van der Waals surface area contributed by atoms with E-state index >= 15 is 0 Å². The molecule has 31 heavy (non-hydrogen) atoms. The molecule has 0 radical (unpaired) electrons. The maximum absolute atomic E-state index is 12.6. The van der Waals surface area contributed by atoms with Crippen molar-refractivity contribution in [1.82, 2.24) is 14.7 Å². The van der Waals surface area contributed by atoms with Crippen LogP contribution in [0.1, 0.15) is 32.3 Å². The maximum Gasteiger partial charge on any atom is 0.254 e. The minimum atomic E-state index is -0.256. The summed E-state index contributed by atoms with van der Waals surface area (Å²) in [6.45, 7) is 16.0. The molecule has 2 rings (SSSR count). The van der Waals surface area contributed by atoms with Gasteiger partial charge in [0.15, 0.2) is 0 Å². The first-order chi connectivity index (χ1) is 14.9. The van der Waals surface area contributed by atoms with Crippen molar-refractivity contribution in [3.63, 3.8) is 0 Å². The van der Waals surface area contributed by atoms with Crippen LogP contribution in [0.3, 0.4) is 0 Å². The largest absolute Gasteiger partial charge is 0.357 e. The predicted octanol–water partition coefficient (Wildman–Crippen LogP) is 4.47. The Hall–Kier alpha value is -3.59. The summed E-state index contributed by atoms with van der Waals surface area (Å²) in [5.74, 6) is 0.692. The molecule has 1 aromatic heterocycles. The van der Waals surface area contributed by atoms with Crippen LogP contribution in [0.2, 0.25) is 0 Å². The number of amides is 1. The van der Waals surface area contributed by atoms with Gasteiger partial charge in [-0.3, -0.25) is 4.79 Å². The highest BCUT2D eigenvalue weighted by Gasteiger charge is 2.23. The van der Waals surface area contributed by atoms with Gasteiger partial charge in [0.25, 0.3) is 5.91 Å². The van der Waals surface area contributed by atoms with E-state index in [0.717, 1.165) is 35.7 Å². The summed E-state index contributed by atoms with van der Waals surface area (Å²) < 4.78 is 1.95. The fourth-order valence-electron chi connectivity index (χ4n) is 3.39. The van der Waals surface area contributed by atoms with Crippen LogP contribution in [0.5, 0.6) is 0 Å². The van der Waals surface area contributed by atoms with Crippen molar-refractivity contribution in [3.05, 3.63) is 78.5 Å². The molecule has 2 aromatic rings. The summed E-state index contributed by atoms with van der Waals surface area (Å²) >= 11 is 0. The Labute approximate surface area is 185 Å². The molecule has 6 nitrogen and oxygen atoms in total. The van der Waals surface area contributed by atoms with E-state index in [1.807, 2.05) is 47.3 Å². The van der Waals surface area contributed by atoms with E-state index in [0.29, 0.717) is 5.57 Å². The standard InChI is InChI=1S/C25H31N5O/c1-7-21(25(31)28(6)16-15-26)17-19(4)20(5)23-18-27-30(22-13-11-10-12-14-22)24(23)29(8-2)9-3/h7,10-14,17-18,20H,1,4,8-9,16H2,2-3,5-6H3/b21-17+/t20-/m1/s1. The lowest BCUT2D eigenvalue weighted by atomic mass is 9.93. The zero-order valence-corrected chi connectivity index (χ0v) is 18.9. The van der Waals surface area contributed by atoms with Gasteiger partial charge in [-0.15, -0.1) is 0 Å². The Bertz CT molecular complexity index is 993. The molecule has 1 atom stereocenters. The zero-order chi connectivity index (χ0) is 23.0. The number of allylic oxidation sites excluding steroid dienone is 2. The molecule has 6 heteroatoms. The van der Waals surface area contributed by atoms with Crippen LogP contribution in [-0.4, -0.2) is 47.3 Å². The summed E-state index contributed by atoms with van der Waals surface area (Å²) in [5, 5.41) is 13.5. The molecule has 162 valence electrons. The van der Waals surface area contributed by atoms with Gasteiger partial charge in [0.05, 0.1) is 18.0 Å². The van der Waals surface area contributed by atoms with Crippen LogP contribution in [0.25, 0.3) is 5.69 Å². The fraction of sp³-hybridized carbons (Fsp3) is 0.320. The topological polar surface area (TPSA) is 65.2 Å². The van der Waals surface area contributed by atoms with Gasteiger partial charge in [0.1, 0.15) is 12.4 Å². The van der Waals surface area contributed by atoms with Crippen molar-refractivity contribution in [2.75, 3.05) is 31.6 Å². The van der Waals surface area contributed by atoms with E-state index in [4.69, 9.17) is 5.26 Å². The SMILES string of the molecule is C=C/C(=C\C(=C)[C@@H](C)c1cnn(-c2ccccc2)c1N(CC)CC)C(=O)N(C)CC#N. The first-order valence-electron chi connectivity index (χ1n) is 10.4. The Morgan fingerprint density at radius 3 is 2.48 bits per heavy atom. The second kappa shape index (κ2) is 11.0. The Kier molecular flexibility index (Phi) is 8.39. The summed E-state index contributed by atoms with van der Waals surface area (Å²) in [4.78, 5) is 16.2. The number of aromatic nitrogens is 2. The molecule has 0 saturated carbocycles. The van der Waals surface area contributed by atoms with Crippen LogP contribution in [0, 0.1) is 11.3 Å². The summed E-state index contributed by atoms with van der Waals surface area (Å²) in [6, 6.07) is 12.0. The molecule has 0 unspecified atom stereocenters. The molecule has 0 aliphatic heterocycles. The molecule has 0 bridgehead atoms. The number of nitriles is 1. The van der Waals surface area contributed by atoms with Gasteiger partial charge in [0, 0.05) is 37.2 Å². The third-order valence-corrected chi connectivity index (χ3v) is 5.32. The van der Waals surface area contributed by atoms with E-state index in [2.05, 4.69) is 43.9 Å². The second-order valence-electron chi connectivity index (χ2n) is 7.26. The number of nitrogens with zero attached hydrogens (tertiary/aromatic N) is 5. The summed E-state index contributed by atoms with van der Waals surface area (Å²) in [6.07, 6.45) is 5.13. The number of hydrogen-bond acceptors (Lipinski definition) is 4. The van der Waals surface area contributed by atoms with Gasteiger partial charge in [-0.05, 0) is 37.6 Å². The van der Waals surface area contributed by atoms with Gasteiger partial charge in [0.2, 0.25) is 0 Å². The van der Waals surface area contributed by atoms with Gasteiger partial charge in [-0.1, -0.05) is 44.4 Å². The highest BCUT2D eigenvalue weighted by atomic mass is 16.2. The highest BCUT2D eigenvalue weighted by Crippen LogP contribution is 2.34. The number of anilines is 1. The molecule has 1 heterocycles. The molecule has 0 fully saturated rings. The second-order valence-corrected chi connectivity index (χ2v) is 7.26. The fourth-order valence-corrected chi connectivity index (χ4v) is 3.39. The van der Waals surface area contributed by atoms with Crippen LogP contribution in [-0.2, 0) is 4.79 Å². The number of likely N-dealkylation sites (N-methyl/N-ethyl adjacent to an activating group) is 1. The van der Waals surface area contributed by atoms with E-state index in [1.165, 1.54) is 11.0 Å². The predicted molar refractivity (Wildman–Crippen MR) is 126 cm³/mol. The molecule has 0 N–H and O–H groups in total. The van der Waals surface area contributed by atoms with Crippen LogP contribution in [0.4, 0.5) is 5.82 Å². The summed E-state index contributed by atoms with van der Waals surface area (Å²) in [5.41, 5.74) is 3.21. The van der Waals surface area contributed by atoms with Gasteiger partial charge < -0.3 is 9.80 Å². The van der Waals surface area contributed by atoms with Crippen molar-refractivity contribution in [2.45, 2.75) is 26.7 Å². The number of hydrogen-bond donors (Lipinski definition) is 0. The van der Waals surface area contributed by atoms with Gasteiger partial charge in [-0.2, -0.15) is 10.4 Å². The average molecular weight is 418 g/mol. The third kappa shape index (κ3) is 5.32.